The van der Waals surface area contributed by atoms with Gasteiger partial charge in [0.05, 0.1) is 17.1 Å². The van der Waals surface area contributed by atoms with Gasteiger partial charge in [-0.3, -0.25) is 4.79 Å². The summed E-state index contributed by atoms with van der Waals surface area (Å²) in [7, 11) is -3.53. The zero-order valence-electron chi connectivity index (χ0n) is 17.7. The molecule has 0 saturated carbocycles. The highest BCUT2D eigenvalue weighted by molar-refractivity contribution is 7.89. The van der Waals surface area contributed by atoms with E-state index in [4.69, 9.17) is 9.47 Å². The maximum absolute atomic E-state index is 12.6. The van der Waals surface area contributed by atoms with Crippen molar-refractivity contribution in [3.8, 4) is 5.75 Å². The predicted octanol–water partition coefficient (Wildman–Crippen LogP) is 3.55. The first-order valence-electron chi connectivity index (χ1n) is 10.3. The number of Topliss-reactive ketones (excluding diaryl/α,β-unsaturated/α-hetero) is 1. The van der Waals surface area contributed by atoms with E-state index >= 15 is 0 Å². The molecule has 1 heterocycles. The van der Waals surface area contributed by atoms with Crippen molar-refractivity contribution in [2.24, 2.45) is 5.92 Å². The smallest absolute Gasteiger partial charge is 0.338 e. The number of benzene rings is 2. The first-order chi connectivity index (χ1) is 14.8. The summed E-state index contributed by atoms with van der Waals surface area (Å²) in [5.41, 5.74) is 0.572. The number of sulfonamides is 1. The van der Waals surface area contributed by atoms with Crippen LogP contribution in [0.15, 0.2) is 53.4 Å². The highest BCUT2D eigenvalue weighted by Gasteiger charge is 2.27. The van der Waals surface area contributed by atoms with E-state index < -0.39 is 28.4 Å². The van der Waals surface area contributed by atoms with Crippen LogP contribution >= 0.6 is 0 Å². The molecule has 8 heteroatoms. The second kappa shape index (κ2) is 10.1. The van der Waals surface area contributed by atoms with Gasteiger partial charge in [0, 0.05) is 18.7 Å². The van der Waals surface area contributed by atoms with E-state index in [0.29, 0.717) is 36.9 Å². The standard InChI is InChI=1S/C23H27NO6S/c1-17(2)15-29-20-7-5-6-19(14-20)23(26)30-16-22(25)18-8-10-21(11-9-18)31(27,28)24-12-3-4-13-24/h5-11,14,17H,3-4,12-13,15-16H2,1-2H3. The lowest BCUT2D eigenvalue weighted by Crippen LogP contribution is -2.27. The Bertz CT molecular complexity index is 1020. The maximum Gasteiger partial charge on any atom is 0.338 e. The minimum absolute atomic E-state index is 0.154. The molecule has 1 fully saturated rings. The van der Waals surface area contributed by atoms with Crippen LogP contribution in [-0.4, -0.2) is 50.8 Å². The molecule has 1 aliphatic rings. The highest BCUT2D eigenvalue weighted by Crippen LogP contribution is 2.21. The molecule has 3 rings (SSSR count). The number of esters is 1. The van der Waals surface area contributed by atoms with Crippen molar-refractivity contribution in [3.05, 3.63) is 59.7 Å². The molecule has 166 valence electrons. The molecule has 2 aromatic carbocycles. The van der Waals surface area contributed by atoms with Crippen molar-refractivity contribution in [3.63, 3.8) is 0 Å². The Morgan fingerprint density at radius 2 is 1.68 bits per heavy atom. The van der Waals surface area contributed by atoms with Crippen molar-refractivity contribution in [2.75, 3.05) is 26.3 Å². The van der Waals surface area contributed by atoms with Crippen LogP contribution in [-0.2, 0) is 14.8 Å². The van der Waals surface area contributed by atoms with Crippen LogP contribution in [0.1, 0.15) is 47.4 Å². The number of ether oxygens (including phenoxy) is 2. The largest absolute Gasteiger partial charge is 0.493 e. The number of ketones is 1. The molecule has 0 atom stereocenters. The second-order valence-corrected chi connectivity index (χ2v) is 9.81. The van der Waals surface area contributed by atoms with Crippen LogP contribution in [0, 0.1) is 5.92 Å². The van der Waals surface area contributed by atoms with Gasteiger partial charge in [-0.05, 0) is 61.2 Å². The van der Waals surface area contributed by atoms with Gasteiger partial charge >= 0.3 is 5.97 Å². The van der Waals surface area contributed by atoms with Crippen molar-refractivity contribution < 1.29 is 27.5 Å². The van der Waals surface area contributed by atoms with Gasteiger partial charge in [-0.2, -0.15) is 4.31 Å². The number of hydrogen-bond acceptors (Lipinski definition) is 6. The Morgan fingerprint density at radius 3 is 2.32 bits per heavy atom. The summed E-state index contributed by atoms with van der Waals surface area (Å²) in [6, 6.07) is 12.3. The monoisotopic (exact) mass is 445 g/mol. The zero-order chi connectivity index (χ0) is 22.4. The minimum atomic E-state index is -3.53. The number of carbonyl (C=O) groups excluding carboxylic acids is 2. The number of rotatable bonds is 9. The molecule has 7 nitrogen and oxygen atoms in total. The zero-order valence-corrected chi connectivity index (χ0v) is 18.6. The highest BCUT2D eigenvalue weighted by atomic mass is 32.2. The lowest BCUT2D eigenvalue weighted by atomic mass is 10.1. The van der Waals surface area contributed by atoms with Crippen LogP contribution in [0.5, 0.6) is 5.75 Å². The Balaban J connectivity index is 1.58. The van der Waals surface area contributed by atoms with Crippen LogP contribution in [0.2, 0.25) is 0 Å². The van der Waals surface area contributed by atoms with Crippen molar-refractivity contribution >= 4 is 21.8 Å². The molecule has 31 heavy (non-hydrogen) atoms. The molecular weight excluding hydrogens is 418 g/mol. The fraction of sp³-hybridized carbons (Fsp3) is 0.391. The lowest BCUT2D eigenvalue weighted by molar-refractivity contribution is 0.0474. The van der Waals surface area contributed by atoms with Crippen molar-refractivity contribution in [2.45, 2.75) is 31.6 Å². The topological polar surface area (TPSA) is 90.0 Å². The summed E-state index contributed by atoms with van der Waals surface area (Å²) in [6.45, 7) is 5.18. The SMILES string of the molecule is CC(C)COc1cccc(C(=O)OCC(=O)c2ccc(S(=O)(=O)N3CCCC3)cc2)c1. The van der Waals surface area contributed by atoms with Crippen molar-refractivity contribution in [1.29, 1.82) is 0 Å². The summed E-state index contributed by atoms with van der Waals surface area (Å²) in [4.78, 5) is 24.8. The van der Waals surface area contributed by atoms with Gasteiger partial charge in [-0.25, -0.2) is 13.2 Å². The molecule has 1 saturated heterocycles. The first-order valence-corrected chi connectivity index (χ1v) is 11.7. The van der Waals surface area contributed by atoms with Gasteiger partial charge in [-0.1, -0.05) is 19.9 Å². The van der Waals surface area contributed by atoms with Gasteiger partial charge in [0.1, 0.15) is 5.75 Å². The summed E-state index contributed by atoms with van der Waals surface area (Å²) in [5, 5.41) is 0. The number of nitrogens with zero attached hydrogens (tertiary/aromatic N) is 1. The van der Waals surface area contributed by atoms with E-state index in [1.165, 1.54) is 28.6 Å². The number of carbonyl (C=O) groups is 2. The quantitative estimate of drug-likeness (QED) is 0.433. The van der Waals surface area contributed by atoms with Crippen LogP contribution < -0.4 is 4.74 Å². The Hall–Kier alpha value is -2.71. The van der Waals surface area contributed by atoms with Gasteiger partial charge in [0.15, 0.2) is 12.4 Å². The van der Waals surface area contributed by atoms with Crippen LogP contribution in [0.4, 0.5) is 0 Å². The van der Waals surface area contributed by atoms with E-state index in [1.807, 2.05) is 13.8 Å². The number of hydrogen-bond donors (Lipinski definition) is 0. The van der Waals surface area contributed by atoms with Crippen molar-refractivity contribution in [1.82, 2.24) is 4.31 Å². The van der Waals surface area contributed by atoms with E-state index in [9.17, 15) is 18.0 Å². The van der Waals surface area contributed by atoms with Crippen LogP contribution in [0.3, 0.4) is 0 Å². The predicted molar refractivity (Wildman–Crippen MR) is 116 cm³/mol. The Labute approximate surface area is 183 Å². The van der Waals surface area contributed by atoms with E-state index in [-0.39, 0.29) is 10.5 Å². The summed E-state index contributed by atoms with van der Waals surface area (Å²) >= 11 is 0. The lowest BCUT2D eigenvalue weighted by Gasteiger charge is -2.15. The first kappa shape index (κ1) is 23.0. The summed E-state index contributed by atoms with van der Waals surface area (Å²) < 4.78 is 37.3. The molecule has 0 amide bonds. The Morgan fingerprint density at radius 1 is 1.00 bits per heavy atom. The molecule has 0 spiro atoms. The molecule has 0 aromatic heterocycles. The molecule has 0 unspecified atom stereocenters. The molecule has 0 bridgehead atoms. The summed E-state index contributed by atoms with van der Waals surface area (Å²) in [6.07, 6.45) is 1.71. The molecule has 0 aliphatic carbocycles. The van der Waals surface area contributed by atoms with E-state index in [1.54, 1.807) is 24.3 Å². The third kappa shape index (κ3) is 5.92. The molecular formula is C23H27NO6S. The molecule has 0 N–H and O–H groups in total. The molecule has 0 radical (unpaired) electrons. The van der Waals surface area contributed by atoms with Gasteiger partial charge < -0.3 is 9.47 Å². The van der Waals surface area contributed by atoms with Gasteiger partial charge in [-0.15, -0.1) is 0 Å². The minimum Gasteiger partial charge on any atom is -0.493 e. The van der Waals surface area contributed by atoms with E-state index in [2.05, 4.69) is 0 Å². The van der Waals surface area contributed by atoms with Crippen LogP contribution in [0.25, 0.3) is 0 Å². The Kier molecular flexibility index (Phi) is 7.46. The third-order valence-corrected chi connectivity index (χ3v) is 6.78. The van der Waals surface area contributed by atoms with Gasteiger partial charge in [0.2, 0.25) is 10.0 Å². The second-order valence-electron chi connectivity index (χ2n) is 7.87. The maximum atomic E-state index is 12.6. The fourth-order valence-electron chi connectivity index (χ4n) is 3.16. The van der Waals surface area contributed by atoms with Gasteiger partial charge in [0.25, 0.3) is 0 Å². The third-order valence-electron chi connectivity index (χ3n) is 4.87. The molecule has 2 aromatic rings. The fourth-order valence-corrected chi connectivity index (χ4v) is 4.68. The van der Waals surface area contributed by atoms with E-state index in [0.717, 1.165) is 12.8 Å². The normalized spacial score (nSPS) is 14.5. The molecule has 1 aliphatic heterocycles. The average Bonchev–Trinajstić information content (AvgIpc) is 3.32. The average molecular weight is 446 g/mol. The summed E-state index contributed by atoms with van der Waals surface area (Å²) in [5.74, 6) is -0.128.